The Hall–Kier alpha value is -3.36. The number of imide groups is 1. The molecule has 0 radical (unpaired) electrons. The van der Waals surface area contributed by atoms with E-state index in [1.807, 2.05) is 6.92 Å². The summed E-state index contributed by atoms with van der Waals surface area (Å²) in [5, 5.41) is 22.4. The topological polar surface area (TPSA) is 124 Å². The van der Waals surface area contributed by atoms with Crippen molar-refractivity contribution in [3.05, 3.63) is 55.6 Å². The number of benzene rings is 2. The molecule has 0 saturated carbocycles. The monoisotopic (exact) mass is 371 g/mol. The number of amides is 2. The molecule has 0 bridgehead atoms. The van der Waals surface area contributed by atoms with Crippen LogP contribution in [0.5, 0.6) is 0 Å². The maximum Gasteiger partial charge on any atom is 0.284 e. The fourth-order valence-corrected chi connectivity index (χ4v) is 3.40. The highest BCUT2D eigenvalue weighted by molar-refractivity contribution is 6.27. The Morgan fingerprint density at radius 3 is 1.78 bits per heavy atom. The van der Waals surface area contributed by atoms with Gasteiger partial charge >= 0.3 is 0 Å². The van der Waals surface area contributed by atoms with E-state index in [0.29, 0.717) is 6.42 Å². The molecule has 0 aliphatic carbocycles. The van der Waals surface area contributed by atoms with Crippen molar-refractivity contribution in [2.45, 2.75) is 32.6 Å². The average molecular weight is 371 g/mol. The number of carbonyl (C=O) groups is 2. The molecule has 0 unspecified atom stereocenters. The van der Waals surface area contributed by atoms with E-state index >= 15 is 0 Å². The zero-order chi connectivity index (χ0) is 19.7. The van der Waals surface area contributed by atoms with Crippen molar-refractivity contribution in [1.82, 2.24) is 4.90 Å². The zero-order valence-electron chi connectivity index (χ0n) is 14.6. The molecule has 2 aromatic rings. The molecule has 2 amide bonds. The molecule has 0 fully saturated rings. The van der Waals surface area contributed by atoms with Crippen molar-refractivity contribution in [2.24, 2.45) is 0 Å². The second-order valence-electron chi connectivity index (χ2n) is 6.35. The summed E-state index contributed by atoms with van der Waals surface area (Å²) in [6.07, 6.45) is 3.53. The van der Waals surface area contributed by atoms with E-state index in [1.54, 1.807) is 0 Å². The van der Waals surface area contributed by atoms with Crippen LogP contribution >= 0.6 is 0 Å². The van der Waals surface area contributed by atoms with E-state index in [9.17, 15) is 29.8 Å². The summed E-state index contributed by atoms with van der Waals surface area (Å²) in [5.74, 6) is -1.16. The third-order valence-electron chi connectivity index (χ3n) is 4.70. The quantitative estimate of drug-likeness (QED) is 0.315. The number of rotatable bonds is 7. The van der Waals surface area contributed by atoms with Crippen molar-refractivity contribution in [1.29, 1.82) is 0 Å². The predicted octanol–water partition coefficient (Wildman–Crippen LogP) is 3.83. The summed E-state index contributed by atoms with van der Waals surface area (Å²) in [7, 11) is 0. The second-order valence-corrected chi connectivity index (χ2v) is 6.35. The second kappa shape index (κ2) is 7.10. The van der Waals surface area contributed by atoms with Crippen LogP contribution in [0.15, 0.2) is 24.3 Å². The van der Waals surface area contributed by atoms with Gasteiger partial charge in [-0.1, -0.05) is 26.2 Å². The molecular formula is C18H17N3O6. The van der Waals surface area contributed by atoms with E-state index in [-0.39, 0.29) is 28.4 Å². The lowest BCUT2D eigenvalue weighted by Crippen LogP contribution is -2.41. The van der Waals surface area contributed by atoms with Gasteiger partial charge in [0.05, 0.1) is 9.85 Å². The van der Waals surface area contributed by atoms with Crippen LogP contribution in [0.2, 0.25) is 0 Å². The van der Waals surface area contributed by atoms with Gasteiger partial charge in [-0.2, -0.15) is 0 Å². The molecule has 1 aliphatic heterocycles. The van der Waals surface area contributed by atoms with Gasteiger partial charge in [0.15, 0.2) is 0 Å². The smallest absolute Gasteiger partial charge is 0.274 e. The summed E-state index contributed by atoms with van der Waals surface area (Å²) < 4.78 is 0. The summed E-state index contributed by atoms with van der Waals surface area (Å²) in [6.45, 7) is 2.29. The van der Waals surface area contributed by atoms with Crippen LogP contribution in [0.4, 0.5) is 11.4 Å². The standard InChI is InChI=1S/C18H17N3O6/c1-2-3-4-5-10-19-17(22)11-6-8-13(20(24)25)16-14(21(26)27)9-7-12(15(11)16)18(19)23/h6-9H,2-5,10H2,1H3. The molecule has 3 rings (SSSR count). The van der Waals surface area contributed by atoms with Gasteiger partial charge in [-0.3, -0.25) is 34.7 Å². The molecule has 9 nitrogen and oxygen atoms in total. The van der Waals surface area contributed by atoms with Gasteiger partial charge in [0.1, 0.15) is 5.39 Å². The largest absolute Gasteiger partial charge is 0.284 e. The van der Waals surface area contributed by atoms with Gasteiger partial charge < -0.3 is 0 Å². The van der Waals surface area contributed by atoms with Crippen molar-refractivity contribution < 1.29 is 19.4 Å². The summed E-state index contributed by atoms with van der Waals surface area (Å²) in [5.41, 5.74) is -0.854. The Morgan fingerprint density at radius 1 is 0.815 bits per heavy atom. The Morgan fingerprint density at radius 2 is 1.33 bits per heavy atom. The van der Waals surface area contributed by atoms with E-state index in [4.69, 9.17) is 0 Å². The summed E-state index contributed by atoms with van der Waals surface area (Å²) in [6, 6.07) is 4.69. The Labute approximate surface area is 153 Å². The predicted molar refractivity (Wildman–Crippen MR) is 96.8 cm³/mol. The van der Waals surface area contributed by atoms with Gasteiger partial charge in [0.25, 0.3) is 23.2 Å². The highest BCUT2D eigenvalue weighted by atomic mass is 16.6. The van der Waals surface area contributed by atoms with Crippen molar-refractivity contribution >= 4 is 34.0 Å². The van der Waals surface area contributed by atoms with E-state index < -0.39 is 33.0 Å². The molecule has 0 aromatic heterocycles. The van der Waals surface area contributed by atoms with Gasteiger partial charge in [0, 0.05) is 35.2 Å². The van der Waals surface area contributed by atoms with Gasteiger partial charge in [0.2, 0.25) is 0 Å². The lowest BCUT2D eigenvalue weighted by Gasteiger charge is -2.27. The molecular weight excluding hydrogens is 354 g/mol. The first-order valence-corrected chi connectivity index (χ1v) is 8.63. The van der Waals surface area contributed by atoms with E-state index in [2.05, 4.69) is 0 Å². The SMILES string of the molecule is CCCCCCN1C(=O)c2ccc([N+](=O)[O-])c3c([N+](=O)[O-])ccc(c23)C1=O. The van der Waals surface area contributed by atoms with Crippen LogP contribution in [-0.2, 0) is 0 Å². The molecule has 1 heterocycles. The molecule has 2 aromatic carbocycles. The fourth-order valence-electron chi connectivity index (χ4n) is 3.40. The van der Waals surface area contributed by atoms with Crippen LogP contribution in [0.1, 0.15) is 53.3 Å². The van der Waals surface area contributed by atoms with Crippen LogP contribution < -0.4 is 0 Å². The molecule has 0 N–H and O–H groups in total. The molecule has 0 atom stereocenters. The van der Waals surface area contributed by atoms with Crippen LogP contribution in [0, 0.1) is 20.2 Å². The zero-order valence-corrected chi connectivity index (χ0v) is 14.6. The maximum atomic E-state index is 12.8. The lowest BCUT2D eigenvalue weighted by atomic mass is 9.92. The maximum absolute atomic E-state index is 12.8. The first-order valence-electron chi connectivity index (χ1n) is 8.63. The Kier molecular flexibility index (Phi) is 4.85. The van der Waals surface area contributed by atoms with Crippen LogP contribution in [0.25, 0.3) is 10.8 Å². The first-order chi connectivity index (χ1) is 12.9. The third-order valence-corrected chi connectivity index (χ3v) is 4.70. The van der Waals surface area contributed by atoms with Crippen molar-refractivity contribution in [3.8, 4) is 0 Å². The number of carbonyl (C=O) groups excluding carboxylic acids is 2. The number of nitro benzene ring substituents is 2. The third kappa shape index (κ3) is 3.01. The number of nitrogens with zero attached hydrogens (tertiary/aromatic N) is 3. The number of hydrogen-bond donors (Lipinski definition) is 0. The van der Waals surface area contributed by atoms with Crippen molar-refractivity contribution in [2.75, 3.05) is 6.54 Å². The lowest BCUT2D eigenvalue weighted by molar-refractivity contribution is -0.390. The highest BCUT2D eigenvalue weighted by Gasteiger charge is 2.37. The summed E-state index contributed by atoms with van der Waals surface area (Å²) in [4.78, 5) is 47.9. The number of unbranched alkanes of at least 4 members (excludes halogenated alkanes) is 3. The summed E-state index contributed by atoms with van der Waals surface area (Å²) >= 11 is 0. The molecule has 0 saturated heterocycles. The normalized spacial score (nSPS) is 13.3. The number of hydrogen-bond acceptors (Lipinski definition) is 6. The minimum atomic E-state index is -0.748. The number of non-ortho nitro benzene ring substituents is 2. The number of nitro groups is 2. The van der Waals surface area contributed by atoms with Gasteiger partial charge in [-0.15, -0.1) is 0 Å². The van der Waals surface area contributed by atoms with Crippen LogP contribution in [0.3, 0.4) is 0 Å². The molecule has 140 valence electrons. The van der Waals surface area contributed by atoms with Gasteiger partial charge in [-0.25, -0.2) is 0 Å². The Balaban J connectivity index is 2.18. The Bertz CT molecular complexity index is 916. The van der Waals surface area contributed by atoms with E-state index in [1.165, 1.54) is 12.1 Å². The molecule has 1 aliphatic rings. The first kappa shape index (κ1) is 18.4. The fraction of sp³-hybridized carbons (Fsp3) is 0.333. The minimum absolute atomic E-state index is 0.0155. The van der Waals surface area contributed by atoms with Crippen molar-refractivity contribution in [3.63, 3.8) is 0 Å². The molecule has 0 spiro atoms. The minimum Gasteiger partial charge on any atom is -0.274 e. The molecule has 27 heavy (non-hydrogen) atoms. The van der Waals surface area contributed by atoms with Gasteiger partial charge in [-0.05, 0) is 18.6 Å². The van der Waals surface area contributed by atoms with Crippen LogP contribution in [-0.4, -0.2) is 33.1 Å². The highest BCUT2D eigenvalue weighted by Crippen LogP contribution is 2.40. The average Bonchev–Trinajstić information content (AvgIpc) is 2.64. The molecule has 9 heteroatoms. The van der Waals surface area contributed by atoms with E-state index in [0.717, 1.165) is 36.3 Å².